The summed E-state index contributed by atoms with van der Waals surface area (Å²) in [6, 6.07) is 8.05. The maximum absolute atomic E-state index is 11.4. The summed E-state index contributed by atoms with van der Waals surface area (Å²) < 4.78 is 5.15. The van der Waals surface area contributed by atoms with E-state index in [0.29, 0.717) is 13.0 Å². The molecule has 0 aliphatic heterocycles. The second-order valence-electron chi connectivity index (χ2n) is 5.73. The van der Waals surface area contributed by atoms with E-state index in [1.807, 2.05) is 52.0 Å². The van der Waals surface area contributed by atoms with Crippen molar-refractivity contribution in [2.24, 2.45) is 5.73 Å². The molecule has 19 heavy (non-hydrogen) atoms. The maximum Gasteiger partial charge on any atom is 0.407 e. The second kappa shape index (κ2) is 6.57. The van der Waals surface area contributed by atoms with Crippen LogP contribution in [0.3, 0.4) is 0 Å². The molecule has 1 rings (SSSR count). The van der Waals surface area contributed by atoms with E-state index in [-0.39, 0.29) is 6.04 Å². The average Bonchev–Trinajstić information content (AvgIpc) is 2.27. The van der Waals surface area contributed by atoms with E-state index in [4.69, 9.17) is 10.5 Å². The first-order valence-corrected chi connectivity index (χ1v) is 6.57. The van der Waals surface area contributed by atoms with E-state index in [2.05, 4.69) is 5.32 Å². The van der Waals surface area contributed by atoms with Crippen LogP contribution < -0.4 is 11.1 Å². The Bertz CT molecular complexity index is 407. The van der Waals surface area contributed by atoms with E-state index >= 15 is 0 Å². The van der Waals surface area contributed by atoms with Crippen molar-refractivity contribution in [3.05, 3.63) is 35.4 Å². The molecule has 0 heterocycles. The van der Waals surface area contributed by atoms with Crippen molar-refractivity contribution in [3.8, 4) is 0 Å². The van der Waals surface area contributed by atoms with Crippen molar-refractivity contribution in [2.75, 3.05) is 6.54 Å². The minimum atomic E-state index is -0.469. The molecule has 0 aliphatic carbocycles. The Morgan fingerprint density at radius 1 is 1.32 bits per heavy atom. The average molecular weight is 264 g/mol. The number of aryl methyl sites for hydroxylation is 1. The van der Waals surface area contributed by atoms with E-state index in [9.17, 15) is 4.79 Å². The van der Waals surface area contributed by atoms with Crippen molar-refractivity contribution in [3.63, 3.8) is 0 Å². The van der Waals surface area contributed by atoms with Gasteiger partial charge in [0, 0.05) is 12.6 Å². The summed E-state index contributed by atoms with van der Waals surface area (Å²) in [4.78, 5) is 11.4. The lowest BCUT2D eigenvalue weighted by atomic mass is 10.0. The number of carbonyl (C=O) groups is 1. The molecule has 0 aliphatic rings. The summed E-state index contributed by atoms with van der Waals surface area (Å²) in [5, 5.41) is 2.71. The third kappa shape index (κ3) is 6.25. The van der Waals surface area contributed by atoms with E-state index in [1.165, 1.54) is 5.56 Å². The van der Waals surface area contributed by atoms with Crippen LogP contribution in [0.2, 0.25) is 0 Å². The predicted octanol–water partition coefficient (Wildman–Crippen LogP) is 2.91. The van der Waals surface area contributed by atoms with Gasteiger partial charge in [0.1, 0.15) is 5.60 Å². The lowest BCUT2D eigenvalue weighted by Crippen LogP contribution is -2.33. The van der Waals surface area contributed by atoms with Gasteiger partial charge in [-0.2, -0.15) is 0 Å². The zero-order valence-corrected chi connectivity index (χ0v) is 12.2. The van der Waals surface area contributed by atoms with Crippen molar-refractivity contribution in [1.82, 2.24) is 5.32 Å². The van der Waals surface area contributed by atoms with Gasteiger partial charge in [-0.1, -0.05) is 29.8 Å². The van der Waals surface area contributed by atoms with Gasteiger partial charge in [0.2, 0.25) is 0 Å². The van der Waals surface area contributed by atoms with Crippen molar-refractivity contribution in [2.45, 2.75) is 45.8 Å². The summed E-state index contributed by atoms with van der Waals surface area (Å²) in [6.07, 6.45) is 0.283. The van der Waals surface area contributed by atoms with Gasteiger partial charge < -0.3 is 15.8 Å². The number of nitrogens with two attached hydrogens (primary N) is 1. The quantitative estimate of drug-likeness (QED) is 0.878. The van der Waals surface area contributed by atoms with Crippen LogP contribution >= 0.6 is 0 Å². The predicted molar refractivity (Wildman–Crippen MR) is 77.0 cm³/mol. The Kier molecular flexibility index (Phi) is 5.36. The van der Waals surface area contributed by atoms with Crippen LogP contribution in [0.1, 0.15) is 44.4 Å². The Hall–Kier alpha value is -1.55. The summed E-state index contributed by atoms with van der Waals surface area (Å²) in [7, 11) is 0. The van der Waals surface area contributed by atoms with Gasteiger partial charge >= 0.3 is 6.09 Å². The fourth-order valence-electron chi connectivity index (χ4n) is 1.62. The minimum absolute atomic E-state index is 0.0736. The Morgan fingerprint density at radius 2 is 1.89 bits per heavy atom. The van der Waals surface area contributed by atoms with E-state index < -0.39 is 11.7 Å². The van der Waals surface area contributed by atoms with Crippen LogP contribution in [0.15, 0.2) is 24.3 Å². The molecule has 1 aromatic carbocycles. The Morgan fingerprint density at radius 3 is 2.42 bits per heavy atom. The first-order chi connectivity index (χ1) is 8.78. The molecule has 106 valence electrons. The molecule has 1 amide bonds. The van der Waals surface area contributed by atoms with Crippen LogP contribution in [-0.2, 0) is 4.74 Å². The molecule has 0 saturated carbocycles. The van der Waals surface area contributed by atoms with Crippen molar-refractivity contribution < 1.29 is 9.53 Å². The second-order valence-corrected chi connectivity index (χ2v) is 5.73. The summed E-state index contributed by atoms with van der Waals surface area (Å²) in [5.74, 6) is 0. The number of hydrogen-bond acceptors (Lipinski definition) is 3. The van der Waals surface area contributed by atoms with Gasteiger partial charge in [0.15, 0.2) is 0 Å². The highest BCUT2D eigenvalue weighted by atomic mass is 16.6. The van der Waals surface area contributed by atoms with Crippen LogP contribution in [0.5, 0.6) is 0 Å². The maximum atomic E-state index is 11.4. The molecule has 1 aromatic rings. The molecule has 1 atom stereocenters. The highest BCUT2D eigenvalue weighted by Crippen LogP contribution is 2.14. The first-order valence-electron chi connectivity index (χ1n) is 6.57. The number of benzene rings is 1. The molecule has 1 unspecified atom stereocenters. The van der Waals surface area contributed by atoms with Gasteiger partial charge in [0.05, 0.1) is 0 Å². The summed E-state index contributed by atoms with van der Waals surface area (Å²) in [6.45, 7) is 8.06. The number of ether oxygens (including phenoxy) is 1. The number of amides is 1. The number of nitrogens with one attached hydrogen (secondary N) is 1. The molecule has 4 nitrogen and oxygen atoms in total. The molecular formula is C15H24N2O2. The highest BCUT2D eigenvalue weighted by Gasteiger charge is 2.15. The van der Waals surface area contributed by atoms with Gasteiger partial charge in [-0.3, -0.25) is 0 Å². The van der Waals surface area contributed by atoms with Gasteiger partial charge in [-0.25, -0.2) is 4.79 Å². The minimum Gasteiger partial charge on any atom is -0.444 e. The lowest BCUT2D eigenvalue weighted by Gasteiger charge is -2.20. The summed E-state index contributed by atoms with van der Waals surface area (Å²) >= 11 is 0. The Balaban J connectivity index is 2.33. The number of hydrogen-bond donors (Lipinski definition) is 2. The molecule has 4 heteroatoms. The molecule has 0 fully saturated rings. The molecule has 3 N–H and O–H groups in total. The fourth-order valence-corrected chi connectivity index (χ4v) is 1.62. The zero-order chi connectivity index (χ0) is 14.5. The van der Waals surface area contributed by atoms with Gasteiger partial charge in [-0.15, -0.1) is 0 Å². The normalized spacial score (nSPS) is 12.9. The fraction of sp³-hybridized carbons (Fsp3) is 0.533. The van der Waals surface area contributed by atoms with Crippen LogP contribution in [0.25, 0.3) is 0 Å². The van der Waals surface area contributed by atoms with E-state index in [1.54, 1.807) is 0 Å². The standard InChI is InChI=1S/C15H24N2O2/c1-11-5-7-12(8-6-11)13(16)9-10-17-14(18)19-15(2,3)4/h5-8,13H,9-10,16H2,1-4H3,(H,17,18). The largest absolute Gasteiger partial charge is 0.444 e. The SMILES string of the molecule is Cc1ccc(C(N)CCNC(=O)OC(C)(C)C)cc1. The van der Waals surface area contributed by atoms with Gasteiger partial charge in [0.25, 0.3) is 0 Å². The van der Waals surface area contributed by atoms with Crippen LogP contribution in [-0.4, -0.2) is 18.2 Å². The molecular weight excluding hydrogens is 240 g/mol. The Labute approximate surface area is 115 Å². The highest BCUT2D eigenvalue weighted by molar-refractivity contribution is 5.67. The molecule has 0 aromatic heterocycles. The van der Waals surface area contributed by atoms with Gasteiger partial charge in [-0.05, 0) is 39.7 Å². The molecule has 0 spiro atoms. The lowest BCUT2D eigenvalue weighted by molar-refractivity contribution is 0.0526. The smallest absolute Gasteiger partial charge is 0.407 e. The molecule has 0 saturated heterocycles. The third-order valence-electron chi connectivity index (χ3n) is 2.63. The molecule has 0 radical (unpaired) electrons. The zero-order valence-electron chi connectivity index (χ0n) is 12.2. The molecule has 0 bridgehead atoms. The number of carbonyl (C=O) groups excluding carboxylic acids is 1. The monoisotopic (exact) mass is 264 g/mol. The van der Waals surface area contributed by atoms with Crippen LogP contribution in [0, 0.1) is 6.92 Å². The third-order valence-corrected chi connectivity index (χ3v) is 2.63. The number of alkyl carbamates (subject to hydrolysis) is 1. The van der Waals surface area contributed by atoms with Crippen LogP contribution in [0.4, 0.5) is 4.79 Å². The van der Waals surface area contributed by atoms with Crippen molar-refractivity contribution >= 4 is 6.09 Å². The van der Waals surface area contributed by atoms with Crippen molar-refractivity contribution in [1.29, 1.82) is 0 Å². The topological polar surface area (TPSA) is 64.3 Å². The first kappa shape index (κ1) is 15.5. The number of rotatable bonds is 4. The summed E-state index contributed by atoms with van der Waals surface area (Å²) in [5.41, 5.74) is 7.89. The van der Waals surface area contributed by atoms with E-state index in [0.717, 1.165) is 5.56 Å².